The van der Waals surface area contributed by atoms with Crippen LogP contribution in [-0.2, 0) is 18.4 Å². The molecule has 1 aliphatic heterocycles. The zero-order valence-corrected chi connectivity index (χ0v) is 16.2. The van der Waals surface area contributed by atoms with Gasteiger partial charge in [-0.1, -0.05) is 0 Å². The normalized spacial score (nSPS) is 20.0. The lowest BCUT2D eigenvalue weighted by Gasteiger charge is -2.28. The predicted molar refractivity (Wildman–Crippen MR) is 102 cm³/mol. The number of aryl methyl sites for hydroxylation is 1. The van der Waals surface area contributed by atoms with E-state index in [0.717, 1.165) is 5.69 Å². The molecule has 3 heterocycles. The first-order chi connectivity index (χ1) is 13.0. The Balaban J connectivity index is 1.73. The Bertz CT molecular complexity index is 765. The third-order valence-corrected chi connectivity index (χ3v) is 5.20. The number of hydrogen-bond acceptors (Lipinski definition) is 4. The highest BCUT2D eigenvalue weighted by Gasteiger charge is 2.39. The van der Waals surface area contributed by atoms with E-state index in [2.05, 4.69) is 20.2 Å². The minimum atomic E-state index is -0.244. The Morgan fingerprint density at radius 2 is 2.15 bits per heavy atom. The van der Waals surface area contributed by atoms with Crippen LogP contribution in [0.25, 0.3) is 0 Å². The number of likely N-dealkylation sites (tertiary alicyclic amines) is 1. The maximum atomic E-state index is 13.0. The molecule has 0 aliphatic carbocycles. The lowest BCUT2D eigenvalue weighted by atomic mass is 10.1. The van der Waals surface area contributed by atoms with Gasteiger partial charge in [0, 0.05) is 57.4 Å². The molecule has 3 rings (SSSR count). The molecule has 146 valence electrons. The molecule has 0 bridgehead atoms. The minimum absolute atomic E-state index is 0.0696. The smallest absolute Gasteiger partial charge is 0.268 e. The monoisotopic (exact) mass is 372 g/mol. The Kier molecular flexibility index (Phi) is 5.95. The van der Waals surface area contributed by atoms with Gasteiger partial charge >= 0.3 is 0 Å². The highest BCUT2D eigenvalue weighted by molar-refractivity contribution is 5.93. The van der Waals surface area contributed by atoms with Gasteiger partial charge in [0.05, 0.1) is 12.4 Å². The van der Waals surface area contributed by atoms with Crippen LogP contribution in [0.15, 0.2) is 30.9 Å². The van der Waals surface area contributed by atoms with Gasteiger partial charge < -0.3 is 19.8 Å². The van der Waals surface area contributed by atoms with Gasteiger partial charge in [-0.25, -0.2) is 4.98 Å². The van der Waals surface area contributed by atoms with Crippen LogP contribution in [0.3, 0.4) is 0 Å². The van der Waals surface area contributed by atoms with Crippen LogP contribution < -0.4 is 5.32 Å². The molecule has 2 atom stereocenters. The minimum Gasteiger partial charge on any atom is -0.347 e. The number of nitrogens with zero attached hydrogens (tertiary/aromatic N) is 4. The third kappa shape index (κ3) is 4.21. The summed E-state index contributed by atoms with van der Waals surface area (Å²) in [6.07, 6.45) is 5.87. The van der Waals surface area contributed by atoms with E-state index in [1.807, 2.05) is 38.1 Å². The van der Waals surface area contributed by atoms with Crippen molar-refractivity contribution in [3.63, 3.8) is 0 Å². The molecule has 2 aromatic heterocycles. The summed E-state index contributed by atoms with van der Waals surface area (Å²) in [5.74, 6) is 0.0139. The van der Waals surface area contributed by atoms with Crippen molar-refractivity contribution < 1.29 is 9.59 Å². The summed E-state index contributed by atoms with van der Waals surface area (Å²) < 4.78 is 1.80. The lowest BCUT2D eigenvalue weighted by Crippen LogP contribution is -2.45. The summed E-state index contributed by atoms with van der Waals surface area (Å²) in [7, 11) is 1.85. The van der Waals surface area contributed by atoms with Gasteiger partial charge in [0.2, 0.25) is 5.91 Å². The number of rotatable bonds is 7. The van der Waals surface area contributed by atoms with E-state index in [1.165, 1.54) is 0 Å². The van der Waals surface area contributed by atoms with Crippen LogP contribution >= 0.6 is 0 Å². The van der Waals surface area contributed by atoms with Crippen molar-refractivity contribution >= 4 is 11.8 Å². The third-order valence-electron chi connectivity index (χ3n) is 5.20. The van der Waals surface area contributed by atoms with Crippen LogP contribution in [0.4, 0.5) is 0 Å². The zero-order chi connectivity index (χ0) is 19.4. The fraction of sp³-hybridized carbons (Fsp3) is 0.526. The van der Waals surface area contributed by atoms with Crippen molar-refractivity contribution in [2.45, 2.75) is 38.9 Å². The SMILES string of the molecule is CCN(CC)C(=O)[C@@H]1C[C@H](NC(=O)c2cccn2C)CN1Cc1cnc[nH]1. The Hall–Kier alpha value is -2.61. The summed E-state index contributed by atoms with van der Waals surface area (Å²) in [6, 6.07) is 3.33. The average Bonchev–Trinajstić information content (AvgIpc) is 3.38. The Morgan fingerprint density at radius 3 is 2.74 bits per heavy atom. The molecular formula is C19H28N6O2. The summed E-state index contributed by atoms with van der Waals surface area (Å²) in [5.41, 5.74) is 1.58. The topological polar surface area (TPSA) is 86.3 Å². The highest BCUT2D eigenvalue weighted by atomic mass is 16.2. The maximum Gasteiger partial charge on any atom is 0.268 e. The number of hydrogen-bond donors (Lipinski definition) is 2. The van der Waals surface area contributed by atoms with E-state index in [-0.39, 0.29) is 23.9 Å². The van der Waals surface area contributed by atoms with Crippen LogP contribution in [0.5, 0.6) is 0 Å². The van der Waals surface area contributed by atoms with Gasteiger partial charge in [0.15, 0.2) is 0 Å². The second-order valence-corrected chi connectivity index (χ2v) is 6.94. The summed E-state index contributed by atoms with van der Waals surface area (Å²) in [6.45, 7) is 6.59. The molecule has 0 aromatic carbocycles. The number of carbonyl (C=O) groups excluding carboxylic acids is 2. The van der Waals surface area contributed by atoms with Gasteiger partial charge in [-0.05, 0) is 32.4 Å². The van der Waals surface area contributed by atoms with Gasteiger partial charge in [-0.2, -0.15) is 0 Å². The largest absolute Gasteiger partial charge is 0.347 e. The molecule has 0 saturated carbocycles. The van der Waals surface area contributed by atoms with E-state index in [0.29, 0.717) is 38.3 Å². The van der Waals surface area contributed by atoms with Crippen molar-refractivity contribution in [3.05, 3.63) is 42.2 Å². The molecule has 8 nitrogen and oxygen atoms in total. The lowest BCUT2D eigenvalue weighted by molar-refractivity contribution is -0.135. The molecule has 2 N–H and O–H groups in total. The molecule has 1 fully saturated rings. The molecule has 1 aliphatic rings. The average molecular weight is 372 g/mol. The number of likely N-dealkylation sites (N-methyl/N-ethyl adjacent to an activating group) is 1. The van der Waals surface area contributed by atoms with E-state index >= 15 is 0 Å². The maximum absolute atomic E-state index is 13.0. The van der Waals surface area contributed by atoms with Crippen LogP contribution in [-0.4, -0.2) is 67.9 Å². The van der Waals surface area contributed by atoms with Crippen LogP contribution in [0.2, 0.25) is 0 Å². The van der Waals surface area contributed by atoms with Crippen molar-refractivity contribution in [3.8, 4) is 0 Å². The van der Waals surface area contributed by atoms with Gasteiger partial charge in [0.25, 0.3) is 5.91 Å². The van der Waals surface area contributed by atoms with Crippen molar-refractivity contribution in [1.29, 1.82) is 0 Å². The second kappa shape index (κ2) is 8.39. The molecule has 8 heteroatoms. The number of carbonyl (C=O) groups is 2. The number of imidazole rings is 1. The fourth-order valence-corrected chi connectivity index (χ4v) is 3.73. The van der Waals surface area contributed by atoms with Crippen molar-refractivity contribution in [2.24, 2.45) is 7.05 Å². The van der Waals surface area contributed by atoms with Crippen molar-refractivity contribution in [2.75, 3.05) is 19.6 Å². The Morgan fingerprint density at radius 1 is 1.37 bits per heavy atom. The number of amides is 2. The van der Waals surface area contributed by atoms with E-state index in [4.69, 9.17) is 0 Å². The van der Waals surface area contributed by atoms with Crippen LogP contribution in [0.1, 0.15) is 36.5 Å². The number of H-pyrrole nitrogens is 1. The van der Waals surface area contributed by atoms with Gasteiger partial charge in [-0.3, -0.25) is 14.5 Å². The van der Waals surface area contributed by atoms with E-state index < -0.39 is 0 Å². The molecule has 0 unspecified atom stereocenters. The quantitative estimate of drug-likeness (QED) is 0.759. The molecule has 2 amide bonds. The summed E-state index contributed by atoms with van der Waals surface area (Å²) in [5, 5.41) is 3.09. The Labute approximate surface area is 159 Å². The summed E-state index contributed by atoms with van der Waals surface area (Å²) >= 11 is 0. The van der Waals surface area contributed by atoms with E-state index in [1.54, 1.807) is 23.2 Å². The fourth-order valence-electron chi connectivity index (χ4n) is 3.73. The molecule has 0 spiro atoms. The highest BCUT2D eigenvalue weighted by Crippen LogP contribution is 2.22. The molecule has 0 radical (unpaired) electrons. The first-order valence-electron chi connectivity index (χ1n) is 9.45. The molecule has 1 saturated heterocycles. The first kappa shape index (κ1) is 19.2. The zero-order valence-electron chi connectivity index (χ0n) is 16.2. The number of nitrogens with one attached hydrogen (secondary N) is 2. The molecule has 27 heavy (non-hydrogen) atoms. The summed E-state index contributed by atoms with van der Waals surface area (Å²) in [4.78, 5) is 36.7. The molecule has 2 aromatic rings. The second-order valence-electron chi connectivity index (χ2n) is 6.94. The standard InChI is InChI=1S/C19H28N6O2/c1-4-24(5-2)19(27)17-9-14(11-25(17)12-15-10-20-13-21-15)22-18(26)16-7-6-8-23(16)3/h6-8,10,13-14,17H,4-5,9,11-12H2,1-3H3,(H,20,21)(H,22,26)/t14-,17-/m0/s1. The van der Waals surface area contributed by atoms with E-state index in [9.17, 15) is 9.59 Å². The predicted octanol–water partition coefficient (Wildman–Crippen LogP) is 0.990. The van der Waals surface area contributed by atoms with Gasteiger partial charge in [-0.15, -0.1) is 0 Å². The first-order valence-corrected chi connectivity index (χ1v) is 9.45. The van der Waals surface area contributed by atoms with Gasteiger partial charge in [0.1, 0.15) is 5.69 Å². The number of aromatic nitrogens is 3. The number of aromatic amines is 1. The molecular weight excluding hydrogens is 344 g/mol. The van der Waals surface area contributed by atoms with Crippen molar-refractivity contribution in [1.82, 2.24) is 29.7 Å². The van der Waals surface area contributed by atoms with Crippen LogP contribution in [0, 0.1) is 0 Å².